The van der Waals surface area contributed by atoms with Crippen LogP contribution in [0.15, 0.2) is 42.5 Å². The van der Waals surface area contributed by atoms with Crippen molar-refractivity contribution in [1.29, 1.82) is 0 Å². The van der Waals surface area contributed by atoms with E-state index in [2.05, 4.69) is 24.5 Å². The van der Waals surface area contributed by atoms with Crippen molar-refractivity contribution in [3.8, 4) is 11.4 Å². The minimum Gasteiger partial charge on any atom is -0.465 e. The van der Waals surface area contributed by atoms with Gasteiger partial charge in [-0.25, -0.2) is 14.8 Å². The van der Waals surface area contributed by atoms with Crippen LogP contribution in [-0.2, 0) is 5.60 Å². The zero-order valence-corrected chi connectivity index (χ0v) is 21.0. The number of nitrogens with one attached hydrogen (secondary N) is 2. The molecule has 0 bridgehead atoms. The first-order valence-corrected chi connectivity index (χ1v) is 12.6. The van der Waals surface area contributed by atoms with Crippen LogP contribution in [0, 0.1) is 5.92 Å². The van der Waals surface area contributed by atoms with Gasteiger partial charge in [-0.05, 0) is 55.8 Å². The van der Waals surface area contributed by atoms with Gasteiger partial charge in [0, 0.05) is 30.0 Å². The Kier molecular flexibility index (Phi) is 7.89. The number of para-hydroxylation sites is 1. The standard InChI is InChI=1S/C27H33ClN4O3/c1-17(2)24-19-9-3-4-12-22(19)31-25(32-24)23-20(10-5-11-21(23)28)27(35,13-7-15-30-26(33)34)18-8-6-14-29-16-18/h3-5,9-12,17-18,29-30,35H,6-8,13-16H2,1-2H3,(H,33,34)/t18-,27?/m1/s1. The molecule has 2 aromatic carbocycles. The third-order valence-corrected chi connectivity index (χ3v) is 7.18. The van der Waals surface area contributed by atoms with Crippen molar-refractivity contribution in [1.82, 2.24) is 20.6 Å². The Bertz CT molecular complexity index is 1200. The second-order valence-corrected chi connectivity index (χ2v) is 9.98. The molecule has 0 radical (unpaired) electrons. The normalized spacial score (nSPS) is 17.9. The van der Waals surface area contributed by atoms with Gasteiger partial charge in [-0.1, -0.05) is 55.8 Å². The number of fused-ring (bicyclic) bond motifs is 1. The second-order valence-electron chi connectivity index (χ2n) is 9.57. The maximum absolute atomic E-state index is 12.3. The molecule has 1 saturated heterocycles. The third kappa shape index (κ3) is 5.42. The predicted octanol–water partition coefficient (Wildman–Crippen LogP) is 5.31. The summed E-state index contributed by atoms with van der Waals surface area (Å²) in [5, 5.41) is 28.6. The van der Waals surface area contributed by atoms with Crippen LogP contribution in [0.4, 0.5) is 4.79 Å². The van der Waals surface area contributed by atoms with Crippen LogP contribution in [0.5, 0.6) is 0 Å². The number of nitrogens with zero attached hydrogens (tertiary/aromatic N) is 2. The van der Waals surface area contributed by atoms with Gasteiger partial charge in [0.25, 0.3) is 0 Å². The van der Waals surface area contributed by atoms with Crippen molar-refractivity contribution in [2.75, 3.05) is 19.6 Å². The fraction of sp³-hybridized carbons (Fsp3) is 0.444. The highest BCUT2D eigenvalue weighted by atomic mass is 35.5. The number of aromatic nitrogens is 2. The number of carbonyl (C=O) groups is 1. The van der Waals surface area contributed by atoms with Crippen molar-refractivity contribution in [3.63, 3.8) is 0 Å². The molecule has 1 unspecified atom stereocenters. The van der Waals surface area contributed by atoms with Crippen LogP contribution in [0.2, 0.25) is 5.02 Å². The number of carboxylic acid groups (broad SMARTS) is 1. The van der Waals surface area contributed by atoms with E-state index in [1.807, 2.05) is 36.4 Å². The molecule has 0 spiro atoms. The average Bonchev–Trinajstić information content (AvgIpc) is 2.86. The minimum atomic E-state index is -1.22. The maximum Gasteiger partial charge on any atom is 0.404 e. The summed E-state index contributed by atoms with van der Waals surface area (Å²) >= 11 is 6.80. The second kappa shape index (κ2) is 10.9. The Morgan fingerprint density at radius 1 is 1.23 bits per heavy atom. The smallest absolute Gasteiger partial charge is 0.404 e. The molecule has 2 heterocycles. The molecule has 7 nitrogen and oxygen atoms in total. The molecule has 35 heavy (non-hydrogen) atoms. The Labute approximate surface area is 211 Å². The molecule has 1 aromatic heterocycles. The van der Waals surface area contributed by atoms with Crippen molar-refractivity contribution >= 4 is 28.6 Å². The molecular formula is C27H33ClN4O3. The summed E-state index contributed by atoms with van der Waals surface area (Å²) in [4.78, 5) is 20.8. The Morgan fingerprint density at radius 2 is 2.03 bits per heavy atom. The van der Waals surface area contributed by atoms with Crippen LogP contribution in [0.25, 0.3) is 22.3 Å². The number of amides is 1. The largest absolute Gasteiger partial charge is 0.465 e. The Morgan fingerprint density at radius 3 is 2.74 bits per heavy atom. The van der Waals surface area contributed by atoms with Gasteiger partial charge in [-0.3, -0.25) is 0 Å². The van der Waals surface area contributed by atoms with E-state index in [1.54, 1.807) is 6.07 Å². The van der Waals surface area contributed by atoms with E-state index in [-0.39, 0.29) is 18.4 Å². The fourth-order valence-corrected chi connectivity index (χ4v) is 5.40. The molecule has 1 aliphatic rings. The monoisotopic (exact) mass is 496 g/mol. The summed E-state index contributed by atoms with van der Waals surface area (Å²) in [6.07, 6.45) is 1.62. The van der Waals surface area contributed by atoms with Gasteiger partial charge in [-0.2, -0.15) is 0 Å². The molecule has 186 valence electrons. The van der Waals surface area contributed by atoms with Crippen molar-refractivity contribution in [2.45, 2.75) is 51.0 Å². The summed E-state index contributed by atoms with van der Waals surface area (Å²) in [5.74, 6) is 0.623. The number of piperidine rings is 1. The quantitative estimate of drug-likeness (QED) is 0.315. The van der Waals surface area contributed by atoms with Crippen LogP contribution >= 0.6 is 11.6 Å². The van der Waals surface area contributed by atoms with Gasteiger partial charge in [0.15, 0.2) is 5.82 Å². The maximum atomic E-state index is 12.3. The van der Waals surface area contributed by atoms with E-state index >= 15 is 0 Å². The molecule has 0 saturated carbocycles. The van der Waals surface area contributed by atoms with E-state index in [0.717, 1.165) is 36.0 Å². The Balaban J connectivity index is 1.85. The molecule has 2 atom stereocenters. The van der Waals surface area contributed by atoms with Crippen LogP contribution in [0.3, 0.4) is 0 Å². The topological polar surface area (TPSA) is 107 Å². The number of rotatable bonds is 8. The van der Waals surface area contributed by atoms with Crippen molar-refractivity contribution in [3.05, 3.63) is 58.7 Å². The average molecular weight is 497 g/mol. The molecular weight excluding hydrogens is 464 g/mol. The number of aliphatic hydroxyl groups is 1. The minimum absolute atomic E-state index is 0.0525. The summed E-state index contributed by atoms with van der Waals surface area (Å²) in [7, 11) is 0. The summed E-state index contributed by atoms with van der Waals surface area (Å²) < 4.78 is 0. The van der Waals surface area contributed by atoms with Gasteiger partial charge in [0.2, 0.25) is 0 Å². The lowest BCUT2D eigenvalue weighted by molar-refractivity contribution is -0.0416. The van der Waals surface area contributed by atoms with Gasteiger partial charge in [0.05, 0.1) is 21.8 Å². The molecule has 8 heteroatoms. The molecule has 0 aliphatic carbocycles. The van der Waals surface area contributed by atoms with Crippen molar-refractivity contribution < 1.29 is 15.0 Å². The summed E-state index contributed by atoms with van der Waals surface area (Å²) in [5.41, 5.74) is 1.88. The van der Waals surface area contributed by atoms with E-state index < -0.39 is 11.7 Å². The molecule has 1 fully saturated rings. The summed E-state index contributed by atoms with van der Waals surface area (Å²) in [6.45, 7) is 6.06. The highest BCUT2D eigenvalue weighted by Gasteiger charge is 2.41. The van der Waals surface area contributed by atoms with Gasteiger partial charge in [-0.15, -0.1) is 0 Å². The third-order valence-electron chi connectivity index (χ3n) is 6.87. The molecule has 3 aromatic rings. The van der Waals surface area contributed by atoms with Crippen LogP contribution in [0.1, 0.15) is 56.7 Å². The van der Waals surface area contributed by atoms with E-state index in [0.29, 0.717) is 41.4 Å². The van der Waals surface area contributed by atoms with Crippen LogP contribution in [-0.4, -0.2) is 45.9 Å². The summed E-state index contributed by atoms with van der Waals surface area (Å²) in [6, 6.07) is 13.5. The highest BCUT2D eigenvalue weighted by molar-refractivity contribution is 6.33. The lowest BCUT2D eigenvalue weighted by Crippen LogP contribution is -2.45. The molecule has 4 N–H and O–H groups in total. The lowest BCUT2D eigenvalue weighted by Gasteiger charge is -2.40. The molecule has 1 aliphatic heterocycles. The lowest BCUT2D eigenvalue weighted by atomic mass is 9.73. The Hall–Kier alpha value is -2.74. The van der Waals surface area contributed by atoms with E-state index in [4.69, 9.17) is 26.7 Å². The van der Waals surface area contributed by atoms with E-state index in [1.165, 1.54) is 0 Å². The van der Waals surface area contributed by atoms with Gasteiger partial charge in [0.1, 0.15) is 0 Å². The van der Waals surface area contributed by atoms with Gasteiger partial charge >= 0.3 is 6.09 Å². The van der Waals surface area contributed by atoms with Crippen LogP contribution < -0.4 is 10.6 Å². The zero-order valence-electron chi connectivity index (χ0n) is 20.2. The van der Waals surface area contributed by atoms with E-state index in [9.17, 15) is 9.90 Å². The predicted molar refractivity (Wildman–Crippen MR) is 139 cm³/mol. The SMILES string of the molecule is CC(C)c1nc(-c2c(Cl)cccc2C(O)(CCCNC(=O)O)[C@@H]2CCCNC2)nc2ccccc12. The number of hydrogen-bond donors (Lipinski definition) is 4. The first-order chi connectivity index (χ1) is 16.8. The fourth-order valence-electron chi connectivity index (χ4n) is 5.14. The number of halogens is 1. The zero-order chi connectivity index (χ0) is 25.0. The van der Waals surface area contributed by atoms with Crippen molar-refractivity contribution in [2.24, 2.45) is 5.92 Å². The molecule has 4 rings (SSSR count). The first kappa shape index (κ1) is 25.4. The van der Waals surface area contributed by atoms with Gasteiger partial charge < -0.3 is 20.8 Å². The molecule has 1 amide bonds. The highest BCUT2D eigenvalue weighted by Crippen LogP contribution is 2.44. The number of hydrogen-bond acceptors (Lipinski definition) is 5. The number of benzene rings is 2. The first-order valence-electron chi connectivity index (χ1n) is 12.3.